The third-order valence-electron chi connectivity index (χ3n) is 3.38. The van der Waals surface area contributed by atoms with Crippen LogP contribution in [0.25, 0.3) is 21.0 Å². The summed E-state index contributed by atoms with van der Waals surface area (Å²) in [7, 11) is 3.56. The van der Waals surface area contributed by atoms with E-state index in [2.05, 4.69) is 15.2 Å². The number of fused-ring (bicyclic) bond motifs is 1. The maximum absolute atomic E-state index is 5.36. The Kier molecular flexibility index (Phi) is 2.91. The van der Waals surface area contributed by atoms with Crippen LogP contribution in [-0.4, -0.2) is 27.0 Å². The fraction of sp³-hybridized carbons (Fsp3) is 0.462. The Morgan fingerprint density at radius 2 is 2.15 bits per heavy atom. The first kappa shape index (κ1) is 13.3. The van der Waals surface area contributed by atoms with Crippen LogP contribution in [-0.2, 0) is 17.4 Å². The molecule has 20 heavy (non-hydrogen) atoms. The standard InChI is InChI=1S/C13H16N4O2S/c1-7-8-6-9(20-11(8)17(4)15-7)10-14-12(16-19-10)13(2,3)18-5/h6H,1-5H3. The number of hydrogen-bond donors (Lipinski definition) is 0. The summed E-state index contributed by atoms with van der Waals surface area (Å²) in [6.45, 7) is 5.80. The zero-order valence-electron chi connectivity index (χ0n) is 12.1. The fourth-order valence-electron chi connectivity index (χ4n) is 1.97. The molecular weight excluding hydrogens is 276 g/mol. The largest absolute Gasteiger partial charge is 0.371 e. The molecular formula is C13H16N4O2S. The zero-order valence-corrected chi connectivity index (χ0v) is 12.9. The highest BCUT2D eigenvalue weighted by atomic mass is 32.1. The molecule has 0 radical (unpaired) electrons. The molecule has 0 atom stereocenters. The Bertz CT molecular complexity index is 734. The molecule has 3 heterocycles. The van der Waals surface area contributed by atoms with Crippen LogP contribution in [0.1, 0.15) is 25.4 Å². The Labute approximate surface area is 120 Å². The SMILES string of the molecule is COC(C)(C)c1noc(-c2cc3c(C)nn(C)c3s2)n1. The van der Waals surface area contributed by atoms with E-state index in [9.17, 15) is 0 Å². The Hall–Kier alpha value is -1.73. The zero-order chi connectivity index (χ0) is 14.5. The first-order chi connectivity index (χ1) is 9.42. The molecule has 7 heteroatoms. The van der Waals surface area contributed by atoms with Crippen molar-refractivity contribution in [3.8, 4) is 10.8 Å². The van der Waals surface area contributed by atoms with Crippen LogP contribution in [0.2, 0.25) is 0 Å². The molecule has 0 N–H and O–H groups in total. The number of aromatic nitrogens is 4. The van der Waals surface area contributed by atoms with Gasteiger partial charge >= 0.3 is 0 Å². The van der Waals surface area contributed by atoms with E-state index < -0.39 is 5.60 Å². The minimum absolute atomic E-state index is 0.519. The minimum Gasteiger partial charge on any atom is -0.371 e. The molecule has 6 nitrogen and oxygen atoms in total. The average Bonchev–Trinajstić information content (AvgIpc) is 3.08. The molecule has 3 aromatic rings. The first-order valence-electron chi connectivity index (χ1n) is 6.25. The summed E-state index contributed by atoms with van der Waals surface area (Å²) in [5, 5.41) is 9.51. The Morgan fingerprint density at radius 3 is 2.80 bits per heavy atom. The molecule has 0 amide bonds. The third kappa shape index (κ3) is 1.94. The first-order valence-corrected chi connectivity index (χ1v) is 7.07. The van der Waals surface area contributed by atoms with Gasteiger partial charge in [-0.15, -0.1) is 11.3 Å². The van der Waals surface area contributed by atoms with E-state index in [0.29, 0.717) is 11.7 Å². The number of rotatable bonds is 3. The van der Waals surface area contributed by atoms with Gasteiger partial charge in [0.25, 0.3) is 5.89 Å². The minimum atomic E-state index is -0.560. The molecule has 0 saturated carbocycles. The van der Waals surface area contributed by atoms with Crippen molar-refractivity contribution in [2.75, 3.05) is 7.11 Å². The van der Waals surface area contributed by atoms with Crippen LogP contribution in [0.5, 0.6) is 0 Å². The van der Waals surface area contributed by atoms with Gasteiger partial charge in [-0.25, -0.2) is 0 Å². The number of aryl methyl sites for hydroxylation is 2. The van der Waals surface area contributed by atoms with Crippen LogP contribution in [0.4, 0.5) is 0 Å². The highest BCUT2D eigenvalue weighted by Gasteiger charge is 2.27. The molecule has 0 aliphatic carbocycles. The van der Waals surface area contributed by atoms with Gasteiger partial charge in [-0.2, -0.15) is 10.1 Å². The Balaban J connectivity index is 2.05. The number of hydrogen-bond acceptors (Lipinski definition) is 6. The fourth-order valence-corrected chi connectivity index (χ4v) is 3.01. The van der Waals surface area contributed by atoms with Gasteiger partial charge in [0, 0.05) is 19.5 Å². The van der Waals surface area contributed by atoms with E-state index in [0.717, 1.165) is 20.8 Å². The van der Waals surface area contributed by atoms with E-state index in [4.69, 9.17) is 9.26 Å². The molecule has 0 aliphatic rings. The van der Waals surface area contributed by atoms with Crippen molar-refractivity contribution in [3.63, 3.8) is 0 Å². The molecule has 0 spiro atoms. The van der Waals surface area contributed by atoms with Gasteiger partial charge in [-0.3, -0.25) is 4.68 Å². The summed E-state index contributed by atoms with van der Waals surface area (Å²) in [5.74, 6) is 1.06. The van der Waals surface area contributed by atoms with Crippen molar-refractivity contribution in [1.82, 2.24) is 19.9 Å². The second-order valence-electron chi connectivity index (χ2n) is 5.18. The summed E-state index contributed by atoms with van der Waals surface area (Å²) < 4.78 is 12.6. The van der Waals surface area contributed by atoms with Gasteiger partial charge in [0.2, 0.25) is 5.82 Å². The van der Waals surface area contributed by atoms with Crippen molar-refractivity contribution in [3.05, 3.63) is 17.6 Å². The maximum Gasteiger partial charge on any atom is 0.268 e. The van der Waals surface area contributed by atoms with E-state index in [1.807, 2.05) is 38.6 Å². The normalized spacial score (nSPS) is 12.4. The van der Waals surface area contributed by atoms with Crippen LogP contribution in [0, 0.1) is 6.92 Å². The summed E-state index contributed by atoms with van der Waals surface area (Å²) >= 11 is 1.59. The number of ether oxygens (including phenoxy) is 1. The second-order valence-corrected chi connectivity index (χ2v) is 6.21. The molecule has 0 aromatic carbocycles. The quantitative estimate of drug-likeness (QED) is 0.742. The van der Waals surface area contributed by atoms with Crippen molar-refractivity contribution >= 4 is 21.6 Å². The molecule has 0 unspecified atom stereocenters. The van der Waals surface area contributed by atoms with E-state index in [-0.39, 0.29) is 0 Å². The van der Waals surface area contributed by atoms with Gasteiger partial charge in [-0.1, -0.05) is 5.16 Å². The Morgan fingerprint density at radius 1 is 1.40 bits per heavy atom. The molecule has 3 rings (SSSR count). The van der Waals surface area contributed by atoms with E-state index >= 15 is 0 Å². The summed E-state index contributed by atoms with van der Waals surface area (Å²) in [6.07, 6.45) is 0. The molecule has 3 aromatic heterocycles. The smallest absolute Gasteiger partial charge is 0.268 e. The number of methoxy groups -OCH3 is 1. The van der Waals surface area contributed by atoms with Crippen LogP contribution < -0.4 is 0 Å². The van der Waals surface area contributed by atoms with Gasteiger partial charge < -0.3 is 9.26 Å². The molecule has 0 fully saturated rings. The number of thiophene rings is 1. The average molecular weight is 292 g/mol. The third-order valence-corrected chi connectivity index (χ3v) is 4.57. The van der Waals surface area contributed by atoms with Gasteiger partial charge in [0.15, 0.2) is 0 Å². The highest BCUT2D eigenvalue weighted by Crippen LogP contribution is 2.34. The van der Waals surface area contributed by atoms with Crippen molar-refractivity contribution in [2.45, 2.75) is 26.4 Å². The van der Waals surface area contributed by atoms with Crippen molar-refractivity contribution < 1.29 is 9.26 Å². The number of nitrogens with zero attached hydrogens (tertiary/aromatic N) is 4. The van der Waals surface area contributed by atoms with Crippen LogP contribution >= 0.6 is 11.3 Å². The molecule has 0 bridgehead atoms. The van der Waals surface area contributed by atoms with E-state index in [1.54, 1.807) is 18.4 Å². The maximum atomic E-state index is 5.36. The predicted octanol–water partition coefficient (Wildman–Crippen LogP) is 2.87. The summed E-state index contributed by atoms with van der Waals surface area (Å²) in [5.41, 5.74) is 0.442. The van der Waals surface area contributed by atoms with Gasteiger partial charge in [-0.05, 0) is 26.8 Å². The lowest BCUT2D eigenvalue weighted by molar-refractivity contribution is 0.00973. The molecule has 0 aliphatic heterocycles. The summed E-state index contributed by atoms with van der Waals surface area (Å²) in [6, 6.07) is 2.04. The predicted molar refractivity (Wildman–Crippen MR) is 76.7 cm³/mol. The molecule has 106 valence electrons. The van der Waals surface area contributed by atoms with Crippen molar-refractivity contribution in [2.24, 2.45) is 7.05 Å². The van der Waals surface area contributed by atoms with Crippen LogP contribution in [0.15, 0.2) is 10.6 Å². The monoisotopic (exact) mass is 292 g/mol. The van der Waals surface area contributed by atoms with Gasteiger partial charge in [0.05, 0.1) is 10.6 Å². The van der Waals surface area contributed by atoms with Crippen LogP contribution in [0.3, 0.4) is 0 Å². The highest BCUT2D eigenvalue weighted by molar-refractivity contribution is 7.21. The lowest BCUT2D eigenvalue weighted by atomic mass is 10.1. The van der Waals surface area contributed by atoms with E-state index in [1.165, 1.54) is 0 Å². The van der Waals surface area contributed by atoms with Gasteiger partial charge in [0.1, 0.15) is 10.4 Å². The lowest BCUT2D eigenvalue weighted by Gasteiger charge is -2.17. The second kappa shape index (κ2) is 4.39. The summed E-state index contributed by atoms with van der Waals surface area (Å²) in [4.78, 5) is 6.48. The van der Waals surface area contributed by atoms with Crippen molar-refractivity contribution in [1.29, 1.82) is 0 Å². The molecule has 0 saturated heterocycles. The topological polar surface area (TPSA) is 66.0 Å². The lowest BCUT2D eigenvalue weighted by Crippen LogP contribution is -2.21.